The molecule has 1 atom stereocenters. The van der Waals surface area contributed by atoms with Gasteiger partial charge in [-0.1, -0.05) is 18.7 Å². The molecule has 0 radical (unpaired) electrons. The summed E-state index contributed by atoms with van der Waals surface area (Å²) in [7, 11) is 1.86. The molecule has 0 spiro atoms. The van der Waals surface area contributed by atoms with Gasteiger partial charge in [0.15, 0.2) is 4.34 Å². The zero-order chi connectivity index (χ0) is 12.7. The van der Waals surface area contributed by atoms with Gasteiger partial charge in [-0.15, -0.1) is 0 Å². The zero-order valence-corrected chi connectivity index (χ0v) is 12.1. The van der Waals surface area contributed by atoms with Gasteiger partial charge in [-0.3, -0.25) is 0 Å². The normalized spacial score (nSPS) is 14.2. The van der Waals surface area contributed by atoms with Crippen molar-refractivity contribution in [3.8, 4) is 6.07 Å². The van der Waals surface area contributed by atoms with Gasteiger partial charge in [0.05, 0.1) is 6.07 Å². The molecule has 1 rings (SSSR count). The van der Waals surface area contributed by atoms with Crippen LogP contribution in [0.2, 0.25) is 0 Å². The Labute approximate surface area is 111 Å². The molecule has 1 unspecified atom stereocenters. The summed E-state index contributed by atoms with van der Waals surface area (Å²) in [5.41, 5.74) is -0.363. The van der Waals surface area contributed by atoms with Crippen LogP contribution in [0, 0.1) is 18.3 Å². The summed E-state index contributed by atoms with van der Waals surface area (Å²) in [6.07, 6.45) is 2.72. The van der Waals surface area contributed by atoms with Crippen molar-refractivity contribution in [2.45, 2.75) is 43.0 Å². The fourth-order valence-corrected chi connectivity index (χ4v) is 3.20. The van der Waals surface area contributed by atoms with Gasteiger partial charge in [0, 0.05) is 5.75 Å². The Morgan fingerprint density at radius 2 is 2.35 bits per heavy atom. The van der Waals surface area contributed by atoms with Crippen LogP contribution in [0.3, 0.4) is 0 Å². The van der Waals surface area contributed by atoms with Crippen molar-refractivity contribution in [3.63, 3.8) is 0 Å². The molecule has 1 N–H and O–H groups in total. The Morgan fingerprint density at radius 1 is 1.59 bits per heavy atom. The Morgan fingerprint density at radius 3 is 2.82 bits per heavy atom. The number of hydrogen-bond donors (Lipinski definition) is 1. The summed E-state index contributed by atoms with van der Waals surface area (Å²) in [4.78, 5) is 4.29. The molecule has 6 heteroatoms. The van der Waals surface area contributed by atoms with Crippen molar-refractivity contribution in [2.24, 2.45) is 0 Å². The Hall–Kier alpha value is -0.640. The van der Waals surface area contributed by atoms with Gasteiger partial charge in [0.2, 0.25) is 0 Å². The highest BCUT2D eigenvalue weighted by Crippen LogP contribution is 2.23. The number of thioether (sulfide) groups is 1. The molecule has 4 nitrogen and oxygen atoms in total. The number of aryl methyl sites for hydroxylation is 1. The molecule has 0 fully saturated rings. The molecule has 0 amide bonds. The third-order valence-corrected chi connectivity index (χ3v) is 4.79. The van der Waals surface area contributed by atoms with Gasteiger partial charge in [-0.05, 0) is 44.8 Å². The molecule has 1 heterocycles. The maximum atomic E-state index is 9.16. The molecule has 17 heavy (non-hydrogen) atoms. The van der Waals surface area contributed by atoms with Crippen molar-refractivity contribution in [2.75, 3.05) is 12.8 Å². The molecule has 0 saturated carbocycles. The quantitative estimate of drug-likeness (QED) is 0.609. The van der Waals surface area contributed by atoms with Crippen LogP contribution in [-0.2, 0) is 0 Å². The minimum Gasteiger partial charge on any atom is -0.302 e. The van der Waals surface area contributed by atoms with E-state index >= 15 is 0 Å². The maximum absolute atomic E-state index is 9.16. The number of rotatable bonds is 7. The lowest BCUT2D eigenvalue weighted by atomic mass is 9.93. The smallest absolute Gasteiger partial charge is 0.170 e. The van der Waals surface area contributed by atoms with E-state index in [9.17, 15) is 0 Å². The van der Waals surface area contributed by atoms with E-state index in [1.165, 1.54) is 11.5 Å². The molecule has 0 aromatic carbocycles. The van der Waals surface area contributed by atoms with Crippen LogP contribution >= 0.6 is 23.3 Å². The van der Waals surface area contributed by atoms with Crippen LogP contribution in [0.1, 0.15) is 32.0 Å². The van der Waals surface area contributed by atoms with Crippen molar-refractivity contribution in [1.82, 2.24) is 14.7 Å². The first-order chi connectivity index (χ1) is 8.15. The fourth-order valence-electron chi connectivity index (χ4n) is 1.54. The third kappa shape index (κ3) is 4.26. The zero-order valence-electron chi connectivity index (χ0n) is 10.5. The summed E-state index contributed by atoms with van der Waals surface area (Å²) < 4.78 is 5.16. The Bertz CT molecular complexity index is 379. The topological polar surface area (TPSA) is 61.6 Å². The van der Waals surface area contributed by atoms with Crippen molar-refractivity contribution in [1.29, 1.82) is 5.26 Å². The second-order valence-electron chi connectivity index (χ2n) is 3.86. The van der Waals surface area contributed by atoms with E-state index in [2.05, 4.69) is 20.7 Å². The summed E-state index contributed by atoms with van der Waals surface area (Å²) in [6, 6.07) is 2.37. The van der Waals surface area contributed by atoms with Crippen LogP contribution in [-0.4, -0.2) is 27.7 Å². The van der Waals surface area contributed by atoms with Gasteiger partial charge in [0.1, 0.15) is 11.4 Å². The predicted molar refractivity (Wildman–Crippen MR) is 72.3 cm³/mol. The monoisotopic (exact) mass is 270 g/mol. The van der Waals surface area contributed by atoms with E-state index in [0.29, 0.717) is 0 Å². The largest absolute Gasteiger partial charge is 0.302 e. The summed E-state index contributed by atoms with van der Waals surface area (Å²) >= 11 is 3.17. The molecule has 0 aliphatic carbocycles. The predicted octanol–water partition coefficient (Wildman–Crippen LogP) is 2.61. The molecule has 94 valence electrons. The van der Waals surface area contributed by atoms with Crippen LogP contribution in [0.15, 0.2) is 4.34 Å². The number of aromatic nitrogens is 2. The van der Waals surface area contributed by atoms with E-state index in [1.54, 1.807) is 11.8 Å². The highest BCUT2D eigenvalue weighted by atomic mass is 32.2. The van der Waals surface area contributed by atoms with Crippen LogP contribution in [0.4, 0.5) is 0 Å². The van der Waals surface area contributed by atoms with Gasteiger partial charge >= 0.3 is 0 Å². The van der Waals surface area contributed by atoms with E-state index < -0.39 is 0 Å². The summed E-state index contributed by atoms with van der Waals surface area (Å²) in [6.45, 7) is 3.94. The lowest BCUT2D eigenvalue weighted by Crippen LogP contribution is -2.40. The fraction of sp³-hybridized carbons (Fsp3) is 0.727. The van der Waals surface area contributed by atoms with Gasteiger partial charge in [-0.2, -0.15) is 9.64 Å². The van der Waals surface area contributed by atoms with E-state index in [0.717, 1.165) is 35.2 Å². The molecule has 1 aromatic rings. The number of nitrogens with zero attached hydrogens (tertiary/aromatic N) is 3. The summed E-state index contributed by atoms with van der Waals surface area (Å²) in [5, 5.41) is 12.3. The molecule has 1 aromatic heterocycles. The molecular formula is C11H18N4S2. The number of hydrogen-bond acceptors (Lipinski definition) is 6. The van der Waals surface area contributed by atoms with Crippen molar-refractivity contribution >= 4 is 23.3 Å². The van der Waals surface area contributed by atoms with Gasteiger partial charge < -0.3 is 5.32 Å². The van der Waals surface area contributed by atoms with E-state index in [4.69, 9.17) is 5.26 Å². The molecule has 0 aliphatic heterocycles. The lowest BCUT2D eigenvalue weighted by molar-refractivity contribution is 0.400. The molecule has 0 bridgehead atoms. The third-order valence-electron chi connectivity index (χ3n) is 2.78. The molecular weight excluding hydrogens is 252 g/mol. The first kappa shape index (κ1) is 14.4. The van der Waals surface area contributed by atoms with Gasteiger partial charge in [-0.25, -0.2) is 4.98 Å². The minimum absolute atomic E-state index is 0.363. The van der Waals surface area contributed by atoms with Crippen LogP contribution < -0.4 is 5.32 Å². The summed E-state index contributed by atoms with van der Waals surface area (Å²) in [5.74, 6) is 1.83. The number of nitriles is 1. The second kappa shape index (κ2) is 6.94. The SMILES string of the molecule is CCC(C#N)(CCCSc1nc(C)ns1)NC. The first-order valence-corrected chi connectivity index (χ1v) is 7.45. The molecule has 0 saturated heterocycles. The average Bonchev–Trinajstić information content (AvgIpc) is 2.76. The average molecular weight is 270 g/mol. The standard InChI is InChI=1S/C11H18N4S2/c1-4-11(8-12,13-3)6-5-7-16-10-14-9(2)15-17-10/h13H,4-7H2,1-3H3. The van der Waals surface area contributed by atoms with Crippen LogP contribution in [0.5, 0.6) is 0 Å². The maximum Gasteiger partial charge on any atom is 0.170 e. The second-order valence-corrected chi connectivity index (χ2v) is 5.95. The van der Waals surface area contributed by atoms with Crippen molar-refractivity contribution in [3.05, 3.63) is 5.82 Å². The Kier molecular flexibility index (Phi) is 5.89. The van der Waals surface area contributed by atoms with Gasteiger partial charge in [0.25, 0.3) is 0 Å². The number of nitrogens with one attached hydrogen (secondary N) is 1. The molecule has 0 aliphatic rings. The van der Waals surface area contributed by atoms with Crippen molar-refractivity contribution < 1.29 is 0 Å². The highest BCUT2D eigenvalue weighted by molar-refractivity contribution is 8.00. The minimum atomic E-state index is -0.363. The van der Waals surface area contributed by atoms with Crippen LogP contribution in [0.25, 0.3) is 0 Å². The van der Waals surface area contributed by atoms with E-state index in [-0.39, 0.29) is 5.54 Å². The first-order valence-electron chi connectivity index (χ1n) is 5.69. The highest BCUT2D eigenvalue weighted by Gasteiger charge is 2.24. The lowest BCUT2D eigenvalue weighted by Gasteiger charge is -2.24. The van der Waals surface area contributed by atoms with E-state index in [1.807, 2.05) is 20.9 Å². The Balaban J connectivity index is 2.30.